The summed E-state index contributed by atoms with van der Waals surface area (Å²) in [6.07, 6.45) is 1.96. The third kappa shape index (κ3) is 8.26. The van der Waals surface area contributed by atoms with Crippen molar-refractivity contribution in [2.24, 2.45) is 11.3 Å². The lowest BCUT2D eigenvalue weighted by Crippen LogP contribution is -2.63. The Morgan fingerprint density at radius 3 is 2.44 bits per heavy atom. The third-order valence-electron chi connectivity index (χ3n) is 9.83. The molecule has 7 atom stereocenters. The molecule has 0 spiro atoms. The highest BCUT2D eigenvalue weighted by Crippen LogP contribution is 2.45. The fourth-order valence-electron chi connectivity index (χ4n) is 6.53. The number of aromatic nitrogens is 1. The second kappa shape index (κ2) is 14.9. The summed E-state index contributed by atoms with van der Waals surface area (Å²) in [4.78, 5) is 58.6. The van der Waals surface area contributed by atoms with Gasteiger partial charge in [0.2, 0.25) is 21.8 Å². The van der Waals surface area contributed by atoms with E-state index in [1.165, 1.54) is 25.0 Å². The number of likely N-dealkylation sites (tertiary alicyclic amines) is 1. The number of esters is 1. The Balaban J connectivity index is 1.43. The van der Waals surface area contributed by atoms with Crippen LogP contribution < -0.4 is 30.1 Å². The van der Waals surface area contributed by atoms with Crippen LogP contribution in [0.4, 0.5) is 4.79 Å². The Morgan fingerprint density at radius 1 is 1.13 bits per heavy atom. The number of sulfonamides is 1. The molecule has 17 heteroatoms. The molecule has 16 nitrogen and oxygen atoms in total. The van der Waals surface area contributed by atoms with Crippen LogP contribution >= 0.6 is 0 Å². The molecule has 3 fully saturated rings. The number of pyridine rings is 1. The van der Waals surface area contributed by atoms with Crippen molar-refractivity contribution in [2.45, 2.75) is 94.6 Å². The first kappa shape index (κ1) is 38.7. The van der Waals surface area contributed by atoms with Crippen molar-refractivity contribution in [3.8, 4) is 11.6 Å². The summed E-state index contributed by atoms with van der Waals surface area (Å²) in [6, 6.07) is 3.36. The van der Waals surface area contributed by atoms with E-state index in [1.54, 1.807) is 52.3 Å². The van der Waals surface area contributed by atoms with Gasteiger partial charge in [0.1, 0.15) is 29.7 Å². The number of amides is 4. The monoisotopic (exact) mass is 744 g/mol. The zero-order chi connectivity index (χ0) is 38.2. The van der Waals surface area contributed by atoms with Gasteiger partial charge in [-0.05, 0) is 61.3 Å². The zero-order valence-electron chi connectivity index (χ0n) is 30.2. The van der Waals surface area contributed by atoms with Gasteiger partial charge in [0.15, 0.2) is 0 Å². The Morgan fingerprint density at radius 2 is 1.85 bits per heavy atom. The summed E-state index contributed by atoms with van der Waals surface area (Å²) in [7, 11) is -1.15. The van der Waals surface area contributed by atoms with Crippen LogP contribution in [0.25, 0.3) is 10.8 Å². The highest BCUT2D eigenvalue weighted by Gasteiger charge is 2.62. The minimum atomic E-state index is -3.91. The van der Waals surface area contributed by atoms with Crippen molar-refractivity contribution < 1.29 is 46.9 Å². The number of rotatable bonds is 14. The predicted octanol–water partition coefficient (Wildman–Crippen LogP) is 1.33. The lowest BCUT2D eigenvalue weighted by molar-refractivity contribution is -0.142. The van der Waals surface area contributed by atoms with Crippen LogP contribution in [0.15, 0.2) is 43.1 Å². The fourth-order valence-corrected chi connectivity index (χ4v) is 7.89. The molecule has 0 bridgehead atoms. The topological polar surface area (TPSA) is 215 Å². The predicted molar refractivity (Wildman–Crippen MR) is 189 cm³/mol. The van der Waals surface area contributed by atoms with Gasteiger partial charge in [0, 0.05) is 30.5 Å². The second-order valence-electron chi connectivity index (χ2n) is 14.7. The Bertz CT molecular complexity index is 1830. The van der Waals surface area contributed by atoms with E-state index in [9.17, 15) is 32.7 Å². The maximum atomic E-state index is 14.3. The van der Waals surface area contributed by atoms with Gasteiger partial charge in [-0.1, -0.05) is 26.8 Å². The Labute approximate surface area is 303 Å². The van der Waals surface area contributed by atoms with Gasteiger partial charge in [-0.3, -0.25) is 19.2 Å². The molecule has 2 aromatic rings. The van der Waals surface area contributed by atoms with Gasteiger partial charge >= 0.3 is 12.0 Å². The number of fused-ring (bicyclic) bond motifs is 1. The van der Waals surface area contributed by atoms with Crippen molar-refractivity contribution in [2.75, 3.05) is 20.8 Å². The number of hydrogen-bond donors (Lipinski definition) is 5. The quantitative estimate of drug-likeness (QED) is 0.137. The smallest absolute Gasteiger partial charge is 0.328 e. The number of carbonyl (C=O) groups excluding carboxylic acids is 4. The van der Waals surface area contributed by atoms with E-state index in [1.807, 2.05) is 6.07 Å². The average Bonchev–Trinajstić information content (AvgIpc) is 4.02. The number of methoxy groups -OCH3 is 2. The van der Waals surface area contributed by atoms with Crippen LogP contribution in [0.5, 0.6) is 11.6 Å². The summed E-state index contributed by atoms with van der Waals surface area (Å²) >= 11 is 0. The summed E-state index contributed by atoms with van der Waals surface area (Å²) in [5.74, 6) is -1.77. The van der Waals surface area contributed by atoms with Crippen LogP contribution in [0, 0.1) is 11.3 Å². The van der Waals surface area contributed by atoms with Crippen molar-refractivity contribution in [1.29, 1.82) is 0 Å². The van der Waals surface area contributed by atoms with Gasteiger partial charge in [-0.15, -0.1) is 6.58 Å². The van der Waals surface area contributed by atoms with Crippen molar-refractivity contribution >= 4 is 44.6 Å². The molecule has 1 aromatic heterocycles. The number of benzene rings is 1. The van der Waals surface area contributed by atoms with Crippen LogP contribution in [0.1, 0.15) is 53.4 Å². The summed E-state index contributed by atoms with van der Waals surface area (Å²) < 4.78 is 43.9. The molecule has 2 aliphatic carbocycles. The van der Waals surface area contributed by atoms with Gasteiger partial charge in [0.05, 0.1) is 31.6 Å². The van der Waals surface area contributed by atoms with Crippen molar-refractivity contribution in [1.82, 2.24) is 30.6 Å². The zero-order valence-corrected chi connectivity index (χ0v) is 31.0. The Hall–Kier alpha value is -4.48. The molecule has 5 N–H and O–H groups in total. The van der Waals surface area contributed by atoms with E-state index in [0.29, 0.717) is 24.0 Å². The lowest BCUT2D eigenvalue weighted by Gasteiger charge is -2.40. The minimum Gasteiger partial charge on any atom is -0.497 e. The Kier molecular flexibility index (Phi) is 11.1. The number of aliphatic hydroxyl groups is 1. The molecular formula is C35H48N6O10S. The number of carbonyl (C=O) groups is 4. The maximum absolute atomic E-state index is 14.3. The first-order chi connectivity index (χ1) is 24.4. The van der Waals surface area contributed by atoms with E-state index in [0.717, 1.165) is 5.39 Å². The number of aliphatic hydroxyl groups excluding tert-OH is 1. The van der Waals surface area contributed by atoms with Gasteiger partial charge < -0.3 is 35.3 Å². The molecule has 52 heavy (non-hydrogen) atoms. The van der Waals surface area contributed by atoms with E-state index in [2.05, 4.69) is 32.2 Å². The lowest BCUT2D eigenvalue weighted by atomic mass is 9.85. The van der Waals surface area contributed by atoms with Crippen molar-refractivity contribution in [3.05, 3.63) is 43.1 Å². The number of ether oxygens (including phenoxy) is 3. The fraction of sp³-hybridized carbons (Fsp3) is 0.571. The van der Waals surface area contributed by atoms with Gasteiger partial charge in [-0.25, -0.2) is 23.0 Å². The summed E-state index contributed by atoms with van der Waals surface area (Å²) in [5.41, 5.74) is -2.34. The van der Waals surface area contributed by atoms with Gasteiger partial charge in [0.25, 0.3) is 5.91 Å². The minimum absolute atomic E-state index is 0.00204. The molecule has 0 radical (unpaired) electrons. The average molecular weight is 745 g/mol. The molecule has 1 unspecified atom stereocenters. The molecule has 2 heterocycles. The first-order valence-corrected chi connectivity index (χ1v) is 18.7. The molecule has 1 aromatic carbocycles. The standard InChI is InChI=1S/C35H48N6O10S/c1-8-21-17-35(21,32(45)40-52(47,48)24-10-11-24)39-28(42)26-16-23(51-29-25-12-9-22(49-6)15-20(25)13-14-36-29)18-41(26)30(43)27(34(3,4)5)38-33(46)37-19(2)31(44)50-7/h8-9,12-15,19,21,23-24,26-27,30,43H,1,10-11,16-18H2,2-7H3,(H,39,42)(H,40,45)(H2,37,38,46)/t19-,21+,23+,26-,27+,30?,35+/m0/s1. The molecule has 284 valence electrons. The molecule has 4 amide bonds. The number of nitrogens with zero attached hydrogens (tertiary/aromatic N) is 2. The highest BCUT2D eigenvalue weighted by molar-refractivity contribution is 7.91. The van der Waals surface area contributed by atoms with Crippen LogP contribution in [0.2, 0.25) is 0 Å². The number of nitrogens with one attached hydrogen (secondary N) is 4. The maximum Gasteiger partial charge on any atom is 0.328 e. The number of hydrogen-bond acceptors (Lipinski definition) is 12. The SMILES string of the molecule is C=C[C@@H]1C[C@]1(NC(=O)[C@@H]1C[C@@H](Oc2nccc3cc(OC)ccc23)CN1C(O)[C@@H](NC(=O)N[C@@H](C)C(=O)OC)C(C)(C)C)C(=O)NS(=O)(=O)C1CC1. The third-order valence-corrected chi connectivity index (χ3v) is 11.6. The molecule has 1 aliphatic heterocycles. The van der Waals surface area contributed by atoms with Crippen LogP contribution in [0.3, 0.4) is 0 Å². The van der Waals surface area contributed by atoms with Crippen molar-refractivity contribution in [3.63, 3.8) is 0 Å². The van der Waals surface area contributed by atoms with E-state index >= 15 is 0 Å². The molecule has 1 saturated heterocycles. The number of urea groups is 1. The summed E-state index contributed by atoms with van der Waals surface area (Å²) in [5, 5.41) is 20.9. The van der Waals surface area contributed by atoms with E-state index < -0.39 is 86.4 Å². The molecule has 3 aliphatic rings. The summed E-state index contributed by atoms with van der Waals surface area (Å²) in [6.45, 7) is 10.6. The normalized spacial score (nSPS) is 24.9. The van der Waals surface area contributed by atoms with E-state index in [-0.39, 0.29) is 25.3 Å². The second-order valence-corrected chi connectivity index (χ2v) is 16.7. The molecule has 5 rings (SSSR count). The molecular weight excluding hydrogens is 696 g/mol. The van der Waals surface area contributed by atoms with Gasteiger partial charge in [-0.2, -0.15) is 0 Å². The largest absolute Gasteiger partial charge is 0.497 e. The first-order valence-electron chi connectivity index (χ1n) is 17.1. The highest BCUT2D eigenvalue weighted by atomic mass is 32.2. The van der Waals surface area contributed by atoms with Crippen LogP contribution in [-0.4, -0.2) is 109 Å². The van der Waals surface area contributed by atoms with E-state index in [4.69, 9.17) is 14.2 Å². The molecule has 2 saturated carbocycles. The van der Waals surface area contributed by atoms with Crippen LogP contribution in [-0.2, 0) is 29.1 Å².